The van der Waals surface area contributed by atoms with E-state index in [1.54, 1.807) is 0 Å². The Morgan fingerprint density at radius 2 is 2.24 bits per heavy atom. The van der Waals surface area contributed by atoms with Gasteiger partial charge in [0.2, 0.25) is 11.7 Å². The molecular formula is C15H18FN3O2. The summed E-state index contributed by atoms with van der Waals surface area (Å²) in [4.78, 5) is 4.15. The van der Waals surface area contributed by atoms with Gasteiger partial charge >= 0.3 is 0 Å². The highest BCUT2D eigenvalue weighted by Crippen LogP contribution is 2.21. The van der Waals surface area contributed by atoms with Crippen LogP contribution in [0.1, 0.15) is 37.0 Å². The van der Waals surface area contributed by atoms with Gasteiger partial charge in [0, 0.05) is 25.1 Å². The number of halogens is 1. The third-order valence-corrected chi connectivity index (χ3v) is 3.28. The zero-order valence-corrected chi connectivity index (χ0v) is 11.9. The Morgan fingerprint density at radius 3 is 2.95 bits per heavy atom. The van der Waals surface area contributed by atoms with Crippen molar-refractivity contribution in [3.05, 3.63) is 41.3 Å². The number of hydrogen-bond donors (Lipinski definition) is 1. The first-order valence-electron chi connectivity index (χ1n) is 7.20. The van der Waals surface area contributed by atoms with Crippen LogP contribution in [0.3, 0.4) is 0 Å². The van der Waals surface area contributed by atoms with Gasteiger partial charge in [-0.05, 0) is 30.5 Å². The molecule has 0 atom stereocenters. The van der Waals surface area contributed by atoms with Crippen molar-refractivity contribution in [3.63, 3.8) is 0 Å². The fourth-order valence-corrected chi connectivity index (χ4v) is 2.00. The minimum atomic E-state index is -0.303. The van der Waals surface area contributed by atoms with Crippen molar-refractivity contribution in [1.82, 2.24) is 15.5 Å². The normalized spacial score (nSPS) is 14.4. The van der Waals surface area contributed by atoms with E-state index in [0.29, 0.717) is 36.5 Å². The molecule has 0 radical (unpaired) electrons. The van der Waals surface area contributed by atoms with Crippen molar-refractivity contribution in [3.8, 4) is 5.75 Å². The zero-order valence-electron chi connectivity index (χ0n) is 11.9. The van der Waals surface area contributed by atoms with Crippen molar-refractivity contribution in [2.45, 2.75) is 45.4 Å². The highest BCUT2D eigenvalue weighted by molar-refractivity contribution is 5.29. The minimum absolute atomic E-state index is 0.169. The van der Waals surface area contributed by atoms with Crippen molar-refractivity contribution in [1.29, 1.82) is 0 Å². The highest BCUT2D eigenvalue weighted by atomic mass is 19.1. The van der Waals surface area contributed by atoms with Gasteiger partial charge in [-0.15, -0.1) is 0 Å². The van der Waals surface area contributed by atoms with Crippen molar-refractivity contribution >= 4 is 0 Å². The molecule has 1 aliphatic rings. The molecule has 1 saturated carbocycles. The van der Waals surface area contributed by atoms with Gasteiger partial charge in [0.1, 0.15) is 11.6 Å². The van der Waals surface area contributed by atoms with Gasteiger partial charge in [0.05, 0.1) is 0 Å². The number of nitrogens with zero attached hydrogens (tertiary/aromatic N) is 2. The fourth-order valence-electron chi connectivity index (χ4n) is 2.00. The van der Waals surface area contributed by atoms with Crippen LogP contribution >= 0.6 is 0 Å². The lowest BCUT2D eigenvalue weighted by molar-refractivity contribution is 0.283. The van der Waals surface area contributed by atoms with Gasteiger partial charge in [-0.2, -0.15) is 4.98 Å². The average molecular weight is 291 g/mol. The molecule has 0 aliphatic heterocycles. The zero-order chi connectivity index (χ0) is 14.7. The summed E-state index contributed by atoms with van der Waals surface area (Å²) in [5.41, 5.74) is 0.874. The molecule has 0 bridgehead atoms. The summed E-state index contributed by atoms with van der Waals surface area (Å²) in [5.74, 6) is 1.21. The molecule has 1 aromatic heterocycles. The largest absolute Gasteiger partial charge is 0.485 e. The fraction of sp³-hybridized carbons (Fsp3) is 0.467. The molecule has 6 heteroatoms. The van der Waals surface area contributed by atoms with E-state index in [1.165, 1.54) is 25.0 Å². The van der Waals surface area contributed by atoms with E-state index in [0.717, 1.165) is 5.56 Å². The molecule has 1 heterocycles. The van der Waals surface area contributed by atoms with Gasteiger partial charge in [0.15, 0.2) is 6.61 Å². The standard InChI is InChI=1S/C15H18FN3O2/c1-2-15-18-14(19-21-15)9-20-13-6-10(5-11(16)7-13)8-17-12-3-4-12/h5-7,12,17H,2-4,8-9H2,1H3. The predicted molar refractivity (Wildman–Crippen MR) is 74.3 cm³/mol. The number of aryl methyl sites for hydroxylation is 1. The molecule has 0 unspecified atom stereocenters. The van der Waals surface area contributed by atoms with Crippen LogP contribution in [0.15, 0.2) is 22.7 Å². The third kappa shape index (κ3) is 4.01. The Bertz CT molecular complexity index is 611. The lowest BCUT2D eigenvalue weighted by Crippen LogP contribution is -2.15. The molecule has 0 amide bonds. The van der Waals surface area contributed by atoms with E-state index >= 15 is 0 Å². The van der Waals surface area contributed by atoms with Crippen LogP contribution < -0.4 is 10.1 Å². The first kappa shape index (κ1) is 14.0. The molecule has 0 saturated heterocycles. The van der Waals surface area contributed by atoms with Crippen molar-refractivity contribution < 1.29 is 13.7 Å². The van der Waals surface area contributed by atoms with E-state index in [-0.39, 0.29) is 12.4 Å². The van der Waals surface area contributed by atoms with E-state index in [2.05, 4.69) is 15.5 Å². The third-order valence-electron chi connectivity index (χ3n) is 3.28. The SMILES string of the molecule is CCc1nc(COc2cc(F)cc(CNC3CC3)c2)no1. The smallest absolute Gasteiger partial charge is 0.226 e. The molecule has 2 aromatic rings. The lowest BCUT2D eigenvalue weighted by atomic mass is 10.2. The second-order valence-electron chi connectivity index (χ2n) is 5.20. The van der Waals surface area contributed by atoms with E-state index in [9.17, 15) is 4.39 Å². The van der Waals surface area contributed by atoms with E-state index < -0.39 is 0 Å². The van der Waals surface area contributed by atoms with E-state index in [4.69, 9.17) is 9.26 Å². The molecule has 21 heavy (non-hydrogen) atoms. The van der Waals surface area contributed by atoms with Crippen LogP contribution in [0.4, 0.5) is 4.39 Å². The number of benzene rings is 1. The Hall–Kier alpha value is -1.95. The first-order chi connectivity index (χ1) is 10.2. The number of ether oxygens (including phenoxy) is 1. The Labute approximate surface area is 122 Å². The van der Waals surface area contributed by atoms with Crippen LogP contribution in [0.2, 0.25) is 0 Å². The van der Waals surface area contributed by atoms with Crippen molar-refractivity contribution in [2.75, 3.05) is 0 Å². The van der Waals surface area contributed by atoms with Gasteiger partial charge in [-0.25, -0.2) is 4.39 Å². The number of aromatic nitrogens is 2. The Morgan fingerprint density at radius 1 is 1.38 bits per heavy atom. The van der Waals surface area contributed by atoms with Crippen molar-refractivity contribution in [2.24, 2.45) is 0 Å². The first-order valence-corrected chi connectivity index (χ1v) is 7.20. The molecule has 1 aliphatic carbocycles. The van der Waals surface area contributed by atoms with Crippen LogP contribution in [-0.2, 0) is 19.6 Å². The quantitative estimate of drug-likeness (QED) is 0.849. The van der Waals surface area contributed by atoms with Gasteiger partial charge < -0.3 is 14.6 Å². The lowest BCUT2D eigenvalue weighted by Gasteiger charge is -2.08. The maximum Gasteiger partial charge on any atom is 0.226 e. The van der Waals surface area contributed by atoms with Gasteiger partial charge in [-0.3, -0.25) is 0 Å². The van der Waals surface area contributed by atoms with Crippen LogP contribution in [0, 0.1) is 5.82 Å². The second-order valence-corrected chi connectivity index (χ2v) is 5.20. The summed E-state index contributed by atoms with van der Waals surface area (Å²) in [5, 5.41) is 7.15. The summed E-state index contributed by atoms with van der Waals surface area (Å²) in [6.07, 6.45) is 3.09. The summed E-state index contributed by atoms with van der Waals surface area (Å²) < 4.78 is 24.1. The summed E-state index contributed by atoms with van der Waals surface area (Å²) in [7, 11) is 0. The molecule has 3 rings (SSSR count). The number of hydrogen-bond acceptors (Lipinski definition) is 5. The molecule has 112 valence electrons. The maximum atomic E-state index is 13.6. The average Bonchev–Trinajstić information content (AvgIpc) is 3.19. The second kappa shape index (κ2) is 6.22. The summed E-state index contributed by atoms with van der Waals surface area (Å²) >= 11 is 0. The van der Waals surface area contributed by atoms with Crippen LogP contribution in [0.25, 0.3) is 0 Å². The predicted octanol–water partition coefficient (Wildman–Crippen LogP) is 2.60. The van der Waals surface area contributed by atoms with E-state index in [1.807, 2.05) is 13.0 Å². The maximum absolute atomic E-state index is 13.6. The number of nitrogens with one attached hydrogen (secondary N) is 1. The molecular weight excluding hydrogens is 273 g/mol. The van der Waals surface area contributed by atoms with Gasteiger partial charge in [0.25, 0.3) is 0 Å². The summed E-state index contributed by atoms with van der Waals surface area (Å²) in [6, 6.07) is 5.30. The topological polar surface area (TPSA) is 60.2 Å². The van der Waals surface area contributed by atoms with Gasteiger partial charge in [-0.1, -0.05) is 12.1 Å². The van der Waals surface area contributed by atoms with Crippen LogP contribution in [0.5, 0.6) is 5.75 Å². The highest BCUT2D eigenvalue weighted by Gasteiger charge is 2.20. The number of rotatable bonds is 7. The Kier molecular flexibility index (Phi) is 4.15. The molecule has 1 N–H and O–H groups in total. The van der Waals surface area contributed by atoms with Crippen LogP contribution in [-0.4, -0.2) is 16.2 Å². The molecule has 5 nitrogen and oxygen atoms in total. The monoisotopic (exact) mass is 291 g/mol. The molecule has 0 spiro atoms. The minimum Gasteiger partial charge on any atom is -0.485 e. The summed E-state index contributed by atoms with van der Waals surface area (Å²) in [6.45, 7) is 2.76. The molecule has 1 aromatic carbocycles. The Balaban J connectivity index is 1.60. The molecule has 1 fully saturated rings.